The van der Waals surface area contributed by atoms with Crippen LogP contribution in [0.25, 0.3) is 0 Å². The highest BCUT2D eigenvalue weighted by molar-refractivity contribution is 5.97. The standard InChI is InChI=1S/C19H19N3O4/c1-3-21-17-8-6-15(10-14(17)5-9-19(21)24)20-16-7-4-13(12(2)23)11-18(16)22(25)26/h4,6-8,10-11,20H,3,5,9H2,1-2H3. The number of hydrogen-bond acceptors (Lipinski definition) is 5. The van der Waals surface area contributed by atoms with Gasteiger partial charge in [-0.15, -0.1) is 0 Å². The lowest BCUT2D eigenvalue weighted by atomic mass is 10.0. The summed E-state index contributed by atoms with van der Waals surface area (Å²) >= 11 is 0. The highest BCUT2D eigenvalue weighted by atomic mass is 16.6. The number of nitrogens with one attached hydrogen (secondary N) is 1. The third kappa shape index (κ3) is 3.28. The van der Waals surface area contributed by atoms with E-state index in [-0.39, 0.29) is 17.4 Å². The summed E-state index contributed by atoms with van der Waals surface area (Å²) in [5, 5.41) is 14.4. The minimum absolute atomic E-state index is 0.108. The molecule has 0 fully saturated rings. The molecular formula is C19H19N3O4. The van der Waals surface area contributed by atoms with E-state index in [1.807, 2.05) is 19.1 Å². The van der Waals surface area contributed by atoms with Gasteiger partial charge in [-0.05, 0) is 56.2 Å². The molecule has 2 aromatic carbocycles. The van der Waals surface area contributed by atoms with Crippen LogP contribution in [0.4, 0.5) is 22.7 Å². The summed E-state index contributed by atoms with van der Waals surface area (Å²) in [5.41, 5.74) is 3.08. The zero-order chi connectivity index (χ0) is 18.8. The number of benzene rings is 2. The number of anilines is 3. The van der Waals surface area contributed by atoms with E-state index in [2.05, 4.69) is 5.32 Å². The molecule has 1 amide bonds. The maximum Gasteiger partial charge on any atom is 0.293 e. The molecular weight excluding hydrogens is 334 g/mol. The number of nitrogens with zero attached hydrogens (tertiary/aromatic N) is 2. The Kier molecular flexibility index (Phi) is 4.71. The lowest BCUT2D eigenvalue weighted by Crippen LogP contribution is -2.34. The highest BCUT2D eigenvalue weighted by Gasteiger charge is 2.23. The average molecular weight is 353 g/mol. The molecule has 3 rings (SSSR count). The maximum absolute atomic E-state index is 12.0. The molecule has 0 aromatic heterocycles. The van der Waals surface area contributed by atoms with E-state index in [9.17, 15) is 19.7 Å². The van der Waals surface area contributed by atoms with E-state index >= 15 is 0 Å². The minimum Gasteiger partial charge on any atom is -0.350 e. The van der Waals surface area contributed by atoms with Crippen LogP contribution in [-0.4, -0.2) is 23.2 Å². The van der Waals surface area contributed by atoms with Gasteiger partial charge < -0.3 is 10.2 Å². The van der Waals surface area contributed by atoms with Crippen LogP contribution in [0, 0.1) is 10.1 Å². The molecule has 0 aliphatic carbocycles. The zero-order valence-corrected chi connectivity index (χ0v) is 14.6. The van der Waals surface area contributed by atoms with Gasteiger partial charge in [0.15, 0.2) is 5.78 Å². The van der Waals surface area contributed by atoms with Gasteiger partial charge in [0.05, 0.1) is 4.92 Å². The van der Waals surface area contributed by atoms with Crippen LogP contribution in [0.2, 0.25) is 0 Å². The number of ketones is 1. The fraction of sp³-hybridized carbons (Fsp3) is 0.263. The second kappa shape index (κ2) is 6.95. The van der Waals surface area contributed by atoms with Gasteiger partial charge in [-0.2, -0.15) is 0 Å². The fourth-order valence-electron chi connectivity index (χ4n) is 3.15. The first-order chi connectivity index (χ1) is 12.4. The molecule has 0 unspecified atom stereocenters. The molecule has 0 saturated carbocycles. The minimum atomic E-state index is -0.509. The van der Waals surface area contributed by atoms with E-state index in [1.54, 1.807) is 17.0 Å². The van der Waals surface area contributed by atoms with Gasteiger partial charge in [-0.3, -0.25) is 19.7 Å². The summed E-state index contributed by atoms with van der Waals surface area (Å²) in [4.78, 5) is 36.0. The Balaban J connectivity index is 1.94. The maximum atomic E-state index is 12.0. The largest absolute Gasteiger partial charge is 0.350 e. The molecule has 0 saturated heterocycles. The Hall–Kier alpha value is -3.22. The van der Waals surface area contributed by atoms with Crippen LogP contribution in [0.1, 0.15) is 36.2 Å². The van der Waals surface area contributed by atoms with Crippen LogP contribution >= 0.6 is 0 Å². The van der Waals surface area contributed by atoms with Crippen molar-refractivity contribution < 1.29 is 14.5 Å². The van der Waals surface area contributed by atoms with Crippen molar-refractivity contribution in [3.8, 4) is 0 Å². The summed E-state index contributed by atoms with van der Waals surface area (Å²) in [6.07, 6.45) is 1.10. The molecule has 2 aromatic rings. The number of nitro benzene ring substituents is 1. The quantitative estimate of drug-likeness (QED) is 0.501. The Morgan fingerprint density at radius 1 is 1.23 bits per heavy atom. The first kappa shape index (κ1) is 17.6. The molecule has 0 atom stereocenters. The van der Waals surface area contributed by atoms with Crippen molar-refractivity contribution >= 4 is 34.4 Å². The predicted octanol–water partition coefficient (Wildman–Crippen LogP) is 3.84. The summed E-state index contributed by atoms with van der Waals surface area (Å²) in [6, 6.07) is 9.94. The third-order valence-corrected chi connectivity index (χ3v) is 4.48. The number of amides is 1. The molecule has 1 heterocycles. The van der Waals surface area contributed by atoms with Gasteiger partial charge in [-0.25, -0.2) is 0 Å². The third-order valence-electron chi connectivity index (χ3n) is 4.48. The Morgan fingerprint density at radius 2 is 2.00 bits per heavy atom. The number of Topliss-reactive ketones (excluding diaryl/α,β-unsaturated/α-hetero) is 1. The normalized spacial score (nSPS) is 13.3. The summed E-state index contributed by atoms with van der Waals surface area (Å²) in [6.45, 7) is 3.91. The molecule has 1 N–H and O–H groups in total. The van der Waals surface area contributed by atoms with Crippen molar-refractivity contribution in [1.29, 1.82) is 0 Å². The molecule has 1 aliphatic heterocycles. The van der Waals surface area contributed by atoms with Crippen LogP contribution in [0.5, 0.6) is 0 Å². The second-order valence-electron chi connectivity index (χ2n) is 6.15. The monoisotopic (exact) mass is 353 g/mol. The topological polar surface area (TPSA) is 92.6 Å². The van der Waals surface area contributed by atoms with Crippen LogP contribution in [0.3, 0.4) is 0 Å². The SMILES string of the molecule is CCN1C(=O)CCc2cc(Nc3ccc(C(C)=O)cc3[N+](=O)[O-])ccc21. The lowest BCUT2D eigenvalue weighted by molar-refractivity contribution is -0.383. The number of carbonyl (C=O) groups is 2. The Morgan fingerprint density at radius 3 is 2.65 bits per heavy atom. The molecule has 0 radical (unpaired) electrons. The number of aryl methyl sites for hydroxylation is 1. The zero-order valence-electron chi connectivity index (χ0n) is 14.6. The number of rotatable bonds is 5. The van der Waals surface area contributed by atoms with Crippen LogP contribution < -0.4 is 10.2 Å². The van der Waals surface area contributed by atoms with Gasteiger partial charge in [-0.1, -0.05) is 0 Å². The van der Waals surface area contributed by atoms with E-state index < -0.39 is 4.92 Å². The fourth-order valence-corrected chi connectivity index (χ4v) is 3.15. The van der Waals surface area contributed by atoms with Crippen molar-refractivity contribution in [1.82, 2.24) is 0 Å². The first-order valence-corrected chi connectivity index (χ1v) is 8.40. The first-order valence-electron chi connectivity index (χ1n) is 8.40. The molecule has 134 valence electrons. The Bertz CT molecular complexity index is 908. The van der Waals surface area contributed by atoms with E-state index in [0.29, 0.717) is 36.3 Å². The van der Waals surface area contributed by atoms with Crippen LogP contribution in [-0.2, 0) is 11.2 Å². The molecule has 1 aliphatic rings. The van der Waals surface area contributed by atoms with Gasteiger partial charge >= 0.3 is 0 Å². The number of fused-ring (bicyclic) bond motifs is 1. The Labute approximate surface area is 150 Å². The van der Waals surface area contributed by atoms with E-state index in [0.717, 1.165) is 11.3 Å². The summed E-state index contributed by atoms with van der Waals surface area (Å²) in [5.74, 6) is -0.117. The summed E-state index contributed by atoms with van der Waals surface area (Å²) < 4.78 is 0. The molecule has 7 nitrogen and oxygen atoms in total. The van der Waals surface area contributed by atoms with Gasteiger partial charge in [0.2, 0.25) is 5.91 Å². The molecule has 0 bridgehead atoms. The van der Waals surface area contributed by atoms with Gasteiger partial charge in [0.1, 0.15) is 5.69 Å². The van der Waals surface area contributed by atoms with Crippen molar-refractivity contribution in [2.45, 2.75) is 26.7 Å². The molecule has 26 heavy (non-hydrogen) atoms. The predicted molar refractivity (Wildman–Crippen MR) is 99.2 cm³/mol. The smallest absolute Gasteiger partial charge is 0.293 e. The molecule has 7 heteroatoms. The lowest BCUT2D eigenvalue weighted by Gasteiger charge is -2.28. The van der Waals surface area contributed by atoms with E-state index in [4.69, 9.17) is 0 Å². The highest BCUT2D eigenvalue weighted by Crippen LogP contribution is 2.33. The number of carbonyl (C=O) groups excluding carboxylic acids is 2. The molecule has 0 spiro atoms. The van der Waals surface area contributed by atoms with Crippen molar-refractivity contribution in [2.75, 3.05) is 16.8 Å². The van der Waals surface area contributed by atoms with Crippen molar-refractivity contribution in [3.63, 3.8) is 0 Å². The second-order valence-corrected chi connectivity index (χ2v) is 6.15. The summed E-state index contributed by atoms with van der Waals surface area (Å²) in [7, 11) is 0. The van der Waals surface area contributed by atoms with E-state index in [1.165, 1.54) is 19.1 Å². The average Bonchev–Trinajstić information content (AvgIpc) is 2.61. The van der Waals surface area contributed by atoms with Crippen molar-refractivity contribution in [2.24, 2.45) is 0 Å². The number of hydrogen-bond donors (Lipinski definition) is 1. The van der Waals surface area contributed by atoms with Crippen LogP contribution in [0.15, 0.2) is 36.4 Å². The van der Waals surface area contributed by atoms with Crippen molar-refractivity contribution in [3.05, 3.63) is 57.6 Å². The van der Waals surface area contributed by atoms with Gasteiger partial charge in [0.25, 0.3) is 5.69 Å². The number of nitro groups is 1. The van der Waals surface area contributed by atoms with Gasteiger partial charge in [0, 0.05) is 36.0 Å².